The van der Waals surface area contributed by atoms with E-state index in [1.807, 2.05) is 19.1 Å². The van der Waals surface area contributed by atoms with Gasteiger partial charge >= 0.3 is 0 Å². The highest BCUT2D eigenvalue weighted by Crippen LogP contribution is 2.11. The zero-order valence-electron chi connectivity index (χ0n) is 10.5. The Morgan fingerprint density at radius 1 is 1.41 bits per heavy atom. The Morgan fingerprint density at radius 3 is 2.82 bits per heavy atom. The number of hydrogen-bond donors (Lipinski definition) is 3. The van der Waals surface area contributed by atoms with Crippen molar-refractivity contribution in [2.24, 2.45) is 5.73 Å². The number of rotatable bonds is 6. The van der Waals surface area contributed by atoms with Crippen LogP contribution < -0.4 is 16.4 Å². The molecule has 4 nitrogen and oxygen atoms in total. The summed E-state index contributed by atoms with van der Waals surface area (Å²) in [5.41, 5.74) is 8.05. The second kappa shape index (κ2) is 6.91. The molecule has 0 radical (unpaired) electrons. The van der Waals surface area contributed by atoms with Crippen molar-refractivity contribution in [1.29, 1.82) is 0 Å². The quantitative estimate of drug-likeness (QED) is 0.647. The fourth-order valence-corrected chi connectivity index (χ4v) is 1.63. The molecule has 0 aliphatic heterocycles. The number of nitrogens with one attached hydrogen (secondary N) is 2. The third-order valence-electron chi connectivity index (χ3n) is 2.31. The minimum absolute atomic E-state index is 0.00231. The minimum Gasteiger partial charge on any atom is -0.383 e. The highest BCUT2D eigenvalue weighted by Gasteiger charge is 1.99. The van der Waals surface area contributed by atoms with Crippen LogP contribution in [0.2, 0.25) is 0 Å². The first kappa shape index (κ1) is 13.5. The van der Waals surface area contributed by atoms with Gasteiger partial charge in [0.25, 0.3) is 0 Å². The van der Waals surface area contributed by atoms with Crippen molar-refractivity contribution < 1.29 is 4.79 Å². The van der Waals surface area contributed by atoms with Crippen LogP contribution in [0.5, 0.6) is 0 Å². The van der Waals surface area contributed by atoms with Crippen LogP contribution >= 0.6 is 0 Å². The second-order valence-electron chi connectivity index (χ2n) is 4.29. The Labute approximate surface area is 103 Å². The van der Waals surface area contributed by atoms with Crippen LogP contribution in [-0.4, -0.2) is 25.0 Å². The van der Waals surface area contributed by atoms with Gasteiger partial charge in [-0.25, -0.2) is 0 Å². The third-order valence-corrected chi connectivity index (χ3v) is 2.31. The lowest BCUT2D eigenvalue weighted by Crippen LogP contribution is -2.26. The molecule has 0 aromatic heterocycles. The molecule has 1 atom stereocenters. The van der Waals surface area contributed by atoms with E-state index in [4.69, 9.17) is 5.73 Å². The number of anilines is 1. The lowest BCUT2D eigenvalue weighted by atomic mass is 10.1. The Morgan fingerprint density at radius 2 is 2.18 bits per heavy atom. The van der Waals surface area contributed by atoms with Gasteiger partial charge in [0.15, 0.2) is 0 Å². The van der Waals surface area contributed by atoms with Crippen LogP contribution in [0.15, 0.2) is 24.3 Å². The lowest BCUT2D eigenvalue weighted by molar-refractivity contribution is -0.118. The molecule has 1 amide bonds. The summed E-state index contributed by atoms with van der Waals surface area (Å²) >= 11 is 0. The molecule has 0 fully saturated rings. The summed E-state index contributed by atoms with van der Waals surface area (Å²) < 4.78 is 0. The monoisotopic (exact) mass is 235 g/mol. The number of hydrogen-bond acceptors (Lipinski definition) is 3. The Bertz CT molecular complexity index is 363. The van der Waals surface area contributed by atoms with Crippen molar-refractivity contribution in [2.45, 2.75) is 26.3 Å². The van der Waals surface area contributed by atoms with Crippen LogP contribution in [-0.2, 0) is 11.2 Å². The van der Waals surface area contributed by atoms with E-state index < -0.39 is 0 Å². The molecule has 17 heavy (non-hydrogen) atoms. The normalized spacial score (nSPS) is 11.9. The molecule has 1 aromatic carbocycles. The smallest absolute Gasteiger partial charge is 0.216 e. The molecule has 0 heterocycles. The van der Waals surface area contributed by atoms with Crippen molar-refractivity contribution in [3.05, 3.63) is 29.8 Å². The van der Waals surface area contributed by atoms with E-state index >= 15 is 0 Å². The molecule has 1 unspecified atom stereocenters. The standard InChI is InChI=1S/C13H21N3O/c1-10(14)8-12-4-3-5-13(9-12)16-7-6-15-11(2)17/h3-5,9-10,16H,6-8,14H2,1-2H3,(H,15,17). The average molecular weight is 235 g/mol. The molecule has 4 N–H and O–H groups in total. The highest BCUT2D eigenvalue weighted by molar-refractivity contribution is 5.72. The first-order valence-electron chi connectivity index (χ1n) is 5.91. The number of benzene rings is 1. The summed E-state index contributed by atoms with van der Waals surface area (Å²) in [6, 6.07) is 8.36. The van der Waals surface area contributed by atoms with Crippen LogP contribution in [0.4, 0.5) is 5.69 Å². The van der Waals surface area contributed by atoms with Gasteiger partial charge in [-0.3, -0.25) is 4.79 Å². The van der Waals surface area contributed by atoms with Gasteiger partial charge in [0.2, 0.25) is 5.91 Å². The predicted molar refractivity (Wildman–Crippen MR) is 71.0 cm³/mol. The SMILES string of the molecule is CC(=O)NCCNc1cccc(CC(C)N)c1. The summed E-state index contributed by atoms with van der Waals surface area (Å²) in [5, 5.41) is 6.00. The number of carbonyl (C=O) groups excluding carboxylic acids is 1. The fraction of sp³-hybridized carbons (Fsp3) is 0.462. The maximum Gasteiger partial charge on any atom is 0.216 e. The summed E-state index contributed by atoms with van der Waals surface area (Å²) in [5.74, 6) is -0.00231. The van der Waals surface area contributed by atoms with Gasteiger partial charge in [-0.1, -0.05) is 12.1 Å². The van der Waals surface area contributed by atoms with Crippen molar-refractivity contribution in [1.82, 2.24) is 5.32 Å². The highest BCUT2D eigenvalue weighted by atomic mass is 16.1. The molecule has 4 heteroatoms. The molecular formula is C13H21N3O. The molecule has 0 aliphatic rings. The third kappa shape index (κ3) is 5.92. The van der Waals surface area contributed by atoms with Crippen molar-refractivity contribution in [3.8, 4) is 0 Å². The maximum atomic E-state index is 10.7. The molecule has 94 valence electrons. The van der Waals surface area contributed by atoms with Gasteiger partial charge in [0.1, 0.15) is 0 Å². The Hall–Kier alpha value is -1.55. The van der Waals surface area contributed by atoms with Gasteiger partial charge in [-0.2, -0.15) is 0 Å². The van der Waals surface area contributed by atoms with E-state index in [-0.39, 0.29) is 11.9 Å². The first-order chi connectivity index (χ1) is 8.08. The largest absolute Gasteiger partial charge is 0.383 e. The van der Waals surface area contributed by atoms with E-state index in [0.29, 0.717) is 6.54 Å². The average Bonchev–Trinajstić information content (AvgIpc) is 2.24. The van der Waals surface area contributed by atoms with Crippen LogP contribution in [0.25, 0.3) is 0 Å². The van der Waals surface area contributed by atoms with Gasteiger partial charge in [-0.05, 0) is 31.0 Å². The molecule has 0 saturated heterocycles. The number of amides is 1. The van der Waals surface area contributed by atoms with E-state index in [1.54, 1.807) is 0 Å². The molecular weight excluding hydrogens is 214 g/mol. The molecule has 0 saturated carbocycles. The molecule has 0 spiro atoms. The van der Waals surface area contributed by atoms with Gasteiger partial charge in [0.05, 0.1) is 0 Å². The van der Waals surface area contributed by atoms with Gasteiger partial charge in [0, 0.05) is 31.7 Å². The van der Waals surface area contributed by atoms with Crippen molar-refractivity contribution in [2.75, 3.05) is 18.4 Å². The van der Waals surface area contributed by atoms with Gasteiger partial charge in [-0.15, -0.1) is 0 Å². The predicted octanol–water partition coefficient (Wildman–Crippen LogP) is 1.12. The summed E-state index contributed by atoms with van der Waals surface area (Å²) in [7, 11) is 0. The fourth-order valence-electron chi connectivity index (χ4n) is 1.63. The molecule has 0 aliphatic carbocycles. The van der Waals surface area contributed by atoms with Crippen molar-refractivity contribution in [3.63, 3.8) is 0 Å². The first-order valence-corrected chi connectivity index (χ1v) is 5.91. The summed E-state index contributed by atoms with van der Waals surface area (Å²) in [6.45, 7) is 4.87. The zero-order valence-corrected chi connectivity index (χ0v) is 10.5. The molecule has 1 rings (SSSR count). The second-order valence-corrected chi connectivity index (χ2v) is 4.29. The maximum absolute atomic E-state index is 10.7. The number of carbonyl (C=O) groups is 1. The van der Waals surface area contributed by atoms with E-state index in [9.17, 15) is 4.79 Å². The Balaban J connectivity index is 2.40. The zero-order chi connectivity index (χ0) is 12.7. The Kier molecular flexibility index (Phi) is 5.49. The van der Waals surface area contributed by atoms with E-state index in [1.165, 1.54) is 12.5 Å². The topological polar surface area (TPSA) is 67.2 Å². The summed E-state index contributed by atoms with van der Waals surface area (Å²) in [6.07, 6.45) is 0.876. The van der Waals surface area contributed by atoms with Gasteiger partial charge < -0.3 is 16.4 Å². The molecule has 0 bridgehead atoms. The minimum atomic E-state index is -0.00231. The van der Waals surface area contributed by atoms with E-state index in [2.05, 4.69) is 22.8 Å². The van der Waals surface area contributed by atoms with Crippen LogP contribution in [0.1, 0.15) is 19.4 Å². The van der Waals surface area contributed by atoms with Crippen LogP contribution in [0, 0.1) is 0 Å². The number of nitrogens with two attached hydrogens (primary N) is 1. The molecule has 1 aromatic rings. The van der Waals surface area contributed by atoms with E-state index in [0.717, 1.165) is 18.7 Å². The lowest BCUT2D eigenvalue weighted by Gasteiger charge is -2.10. The summed E-state index contributed by atoms with van der Waals surface area (Å²) in [4.78, 5) is 10.7. The van der Waals surface area contributed by atoms with Crippen LogP contribution in [0.3, 0.4) is 0 Å². The van der Waals surface area contributed by atoms with Crippen molar-refractivity contribution >= 4 is 11.6 Å².